The fourth-order valence-electron chi connectivity index (χ4n) is 4.44. The average Bonchev–Trinajstić information content (AvgIpc) is 2.94. The van der Waals surface area contributed by atoms with E-state index in [0.29, 0.717) is 22.0 Å². The Balaban J connectivity index is 2.15. The highest BCUT2D eigenvalue weighted by molar-refractivity contribution is 7.92. The summed E-state index contributed by atoms with van der Waals surface area (Å²) in [5.41, 5.74) is 2.27. The largest absolute Gasteiger partial charge is 0.495 e. The lowest BCUT2D eigenvalue weighted by Crippen LogP contribution is -2.54. The highest BCUT2D eigenvalue weighted by Crippen LogP contribution is 2.32. The Kier molecular flexibility index (Phi) is 11.7. The third kappa shape index (κ3) is 8.63. The molecule has 0 spiro atoms. The molecular formula is C31H37Cl2N3O5S. The summed E-state index contributed by atoms with van der Waals surface area (Å²) >= 11 is 13.0. The van der Waals surface area contributed by atoms with E-state index in [0.717, 1.165) is 21.7 Å². The van der Waals surface area contributed by atoms with E-state index in [1.54, 1.807) is 36.4 Å². The minimum Gasteiger partial charge on any atom is -0.495 e. The van der Waals surface area contributed by atoms with Crippen molar-refractivity contribution in [2.75, 3.05) is 24.2 Å². The summed E-state index contributed by atoms with van der Waals surface area (Å²) in [7, 11) is -2.53. The molecule has 0 saturated carbocycles. The number of aryl methyl sites for hydroxylation is 1. The molecule has 226 valence electrons. The average molecular weight is 635 g/mol. The van der Waals surface area contributed by atoms with Gasteiger partial charge in [-0.3, -0.25) is 13.9 Å². The van der Waals surface area contributed by atoms with Crippen molar-refractivity contribution in [3.8, 4) is 5.75 Å². The fourth-order valence-corrected chi connectivity index (χ4v) is 5.80. The number of halogens is 2. The molecule has 42 heavy (non-hydrogen) atoms. The second-order valence-corrected chi connectivity index (χ2v) is 12.9. The molecule has 0 unspecified atom stereocenters. The molecule has 0 saturated heterocycles. The smallest absolute Gasteiger partial charge is 0.244 e. The first-order valence-corrected chi connectivity index (χ1v) is 16.1. The molecular weight excluding hydrogens is 597 g/mol. The van der Waals surface area contributed by atoms with Gasteiger partial charge >= 0.3 is 0 Å². The molecule has 0 bridgehead atoms. The lowest BCUT2D eigenvalue weighted by atomic mass is 10.0. The highest BCUT2D eigenvalue weighted by atomic mass is 35.5. The van der Waals surface area contributed by atoms with Crippen LogP contribution in [0.15, 0.2) is 66.7 Å². The van der Waals surface area contributed by atoms with Gasteiger partial charge in [-0.25, -0.2) is 8.42 Å². The number of sulfonamides is 1. The molecule has 2 atom stereocenters. The van der Waals surface area contributed by atoms with Gasteiger partial charge in [0.25, 0.3) is 0 Å². The van der Waals surface area contributed by atoms with E-state index in [9.17, 15) is 18.0 Å². The van der Waals surface area contributed by atoms with Crippen molar-refractivity contribution < 1.29 is 22.7 Å². The van der Waals surface area contributed by atoms with Crippen LogP contribution in [0.2, 0.25) is 10.0 Å². The minimum atomic E-state index is -3.96. The Morgan fingerprint density at radius 1 is 1.00 bits per heavy atom. The summed E-state index contributed by atoms with van der Waals surface area (Å²) in [6.45, 7) is 4.94. The van der Waals surface area contributed by atoms with Crippen molar-refractivity contribution in [2.24, 2.45) is 0 Å². The summed E-state index contributed by atoms with van der Waals surface area (Å²) < 4.78 is 32.6. The summed E-state index contributed by atoms with van der Waals surface area (Å²) in [5, 5.41) is 3.63. The monoisotopic (exact) mass is 633 g/mol. The lowest BCUT2D eigenvalue weighted by molar-refractivity contribution is -0.140. The van der Waals surface area contributed by atoms with Gasteiger partial charge in [0.05, 0.1) is 19.1 Å². The zero-order valence-corrected chi connectivity index (χ0v) is 26.8. The normalized spacial score (nSPS) is 12.7. The Morgan fingerprint density at radius 3 is 2.21 bits per heavy atom. The highest BCUT2D eigenvalue weighted by Gasteiger charge is 2.34. The van der Waals surface area contributed by atoms with Gasteiger partial charge < -0.3 is 15.0 Å². The zero-order chi connectivity index (χ0) is 31.0. The number of carbonyl (C=O) groups is 2. The first kappa shape index (κ1) is 33.2. The summed E-state index contributed by atoms with van der Waals surface area (Å²) in [4.78, 5) is 29.4. The number of ether oxygens (including phenoxy) is 1. The van der Waals surface area contributed by atoms with Crippen LogP contribution in [0.5, 0.6) is 5.75 Å². The molecule has 3 aromatic carbocycles. The van der Waals surface area contributed by atoms with Crippen molar-refractivity contribution in [1.82, 2.24) is 10.2 Å². The predicted octanol–water partition coefficient (Wildman–Crippen LogP) is 5.63. The Hall–Kier alpha value is -3.27. The van der Waals surface area contributed by atoms with E-state index in [-0.39, 0.29) is 36.4 Å². The third-order valence-corrected chi connectivity index (χ3v) is 8.78. The van der Waals surface area contributed by atoms with Gasteiger partial charge in [0, 0.05) is 34.6 Å². The van der Waals surface area contributed by atoms with E-state index in [1.807, 2.05) is 51.1 Å². The van der Waals surface area contributed by atoms with Crippen molar-refractivity contribution in [1.29, 1.82) is 0 Å². The molecule has 2 amide bonds. The van der Waals surface area contributed by atoms with Crippen LogP contribution in [0.3, 0.4) is 0 Å². The second kappa shape index (κ2) is 14.8. The molecule has 0 aromatic heterocycles. The topological polar surface area (TPSA) is 96.0 Å². The summed E-state index contributed by atoms with van der Waals surface area (Å²) in [6.07, 6.45) is 1.89. The summed E-state index contributed by atoms with van der Waals surface area (Å²) in [6, 6.07) is 18.2. The molecule has 0 aliphatic heterocycles. The van der Waals surface area contributed by atoms with E-state index in [4.69, 9.17) is 27.9 Å². The number of nitrogens with zero attached hydrogens (tertiary/aromatic N) is 2. The molecule has 11 heteroatoms. The van der Waals surface area contributed by atoms with Crippen LogP contribution in [-0.4, -0.2) is 57.1 Å². The maximum atomic E-state index is 14.3. The molecule has 0 aliphatic rings. The Bertz CT molecular complexity index is 1480. The Morgan fingerprint density at radius 2 is 1.64 bits per heavy atom. The number of rotatable bonds is 13. The molecule has 8 nitrogen and oxygen atoms in total. The van der Waals surface area contributed by atoms with Crippen LogP contribution < -0.4 is 14.4 Å². The molecule has 0 heterocycles. The second-order valence-electron chi connectivity index (χ2n) is 10.2. The number of hydrogen-bond acceptors (Lipinski definition) is 5. The van der Waals surface area contributed by atoms with Crippen molar-refractivity contribution in [2.45, 2.75) is 52.2 Å². The van der Waals surface area contributed by atoms with Gasteiger partial charge in [-0.1, -0.05) is 72.6 Å². The van der Waals surface area contributed by atoms with E-state index >= 15 is 0 Å². The fraction of sp³-hybridized carbons (Fsp3) is 0.355. The van der Waals surface area contributed by atoms with Crippen molar-refractivity contribution in [3.05, 3.63) is 93.5 Å². The zero-order valence-electron chi connectivity index (χ0n) is 24.4. The van der Waals surface area contributed by atoms with Crippen LogP contribution in [0.25, 0.3) is 0 Å². The van der Waals surface area contributed by atoms with Gasteiger partial charge in [-0.2, -0.15) is 0 Å². The maximum Gasteiger partial charge on any atom is 0.244 e. The van der Waals surface area contributed by atoms with E-state index in [1.165, 1.54) is 12.0 Å². The van der Waals surface area contributed by atoms with Gasteiger partial charge in [0.15, 0.2) is 0 Å². The summed E-state index contributed by atoms with van der Waals surface area (Å²) in [5.74, 6) is -0.696. The number of hydrogen-bond donors (Lipinski definition) is 1. The van der Waals surface area contributed by atoms with Gasteiger partial charge in [0.2, 0.25) is 21.8 Å². The molecule has 3 rings (SSSR count). The maximum absolute atomic E-state index is 14.3. The first-order valence-electron chi connectivity index (χ1n) is 13.5. The van der Waals surface area contributed by atoms with Crippen LogP contribution in [0.1, 0.15) is 37.0 Å². The lowest BCUT2D eigenvalue weighted by Gasteiger charge is -2.34. The number of amides is 2. The molecule has 3 aromatic rings. The molecule has 0 radical (unpaired) electrons. The number of methoxy groups -OCH3 is 1. The third-order valence-electron chi connectivity index (χ3n) is 6.94. The van der Waals surface area contributed by atoms with E-state index < -0.39 is 28.5 Å². The number of carbonyl (C=O) groups excluding carboxylic acids is 2. The minimum absolute atomic E-state index is 0.120. The van der Waals surface area contributed by atoms with Gasteiger partial charge in [-0.15, -0.1) is 0 Å². The number of nitrogens with one attached hydrogen (secondary N) is 1. The van der Waals surface area contributed by atoms with Crippen molar-refractivity contribution in [3.63, 3.8) is 0 Å². The van der Waals surface area contributed by atoms with Crippen molar-refractivity contribution >= 4 is 50.7 Å². The molecule has 0 fully saturated rings. The predicted molar refractivity (Wildman–Crippen MR) is 169 cm³/mol. The standard InChI is InChI=1S/C31H37Cl2N3O5S/c1-6-22(3)34-31(38)28(18-23-11-8-7-9-12-23)35(19-24-25(32)13-10-14-26(24)33)30(37)20-36(42(5,39)40)27-17-21(2)15-16-29(27)41-4/h7-17,22,28H,6,18-20H2,1-5H3,(H,34,38)/t22-,28-/m0/s1. The molecule has 1 N–H and O–H groups in total. The van der Waals surface area contributed by atoms with Crippen LogP contribution in [0.4, 0.5) is 5.69 Å². The van der Waals surface area contributed by atoms with Gasteiger partial charge in [-0.05, 0) is 55.7 Å². The quantitative estimate of drug-likeness (QED) is 0.263. The van der Waals surface area contributed by atoms with E-state index in [2.05, 4.69) is 5.32 Å². The van der Waals surface area contributed by atoms with Crippen LogP contribution in [0, 0.1) is 6.92 Å². The SMILES string of the molecule is CC[C@H](C)NC(=O)[C@H](Cc1ccccc1)N(Cc1c(Cl)cccc1Cl)C(=O)CN(c1cc(C)ccc1OC)S(C)(=O)=O. The van der Waals surface area contributed by atoms with Gasteiger partial charge in [0.1, 0.15) is 18.3 Å². The number of benzene rings is 3. The van der Waals surface area contributed by atoms with Crippen LogP contribution in [-0.2, 0) is 32.6 Å². The first-order chi connectivity index (χ1) is 19.8. The Labute approximate surface area is 258 Å². The van der Waals surface area contributed by atoms with Crippen LogP contribution >= 0.6 is 23.2 Å². The molecule has 0 aliphatic carbocycles. The number of anilines is 1.